The van der Waals surface area contributed by atoms with E-state index in [4.69, 9.17) is 5.11 Å². The molecule has 1 heterocycles. The third-order valence-corrected chi connectivity index (χ3v) is 3.68. The maximum Gasteiger partial charge on any atom is 0.339 e. The number of anilines is 1. The molecule has 1 aromatic heterocycles. The number of carboxylic acids is 1. The zero-order valence-electron chi connectivity index (χ0n) is 11.6. The number of carbonyl (C=O) groups is 1. The molecule has 106 valence electrons. The number of benzene rings is 1. The standard InChI is InChI=1S/C14H16BrN3O2/c1-8-4-10(15)5-9(2)13(8)16-7-12-11(14(19)20)6-17-18(12)3/h4-6,16H,7H2,1-3H3,(H,19,20). The number of nitrogens with one attached hydrogen (secondary N) is 1. The highest BCUT2D eigenvalue weighted by Crippen LogP contribution is 2.25. The first-order valence-corrected chi connectivity index (χ1v) is 6.94. The van der Waals surface area contributed by atoms with Crippen LogP contribution in [-0.4, -0.2) is 20.9 Å². The van der Waals surface area contributed by atoms with E-state index in [0.717, 1.165) is 21.3 Å². The molecule has 0 amide bonds. The third kappa shape index (κ3) is 2.85. The zero-order chi connectivity index (χ0) is 14.9. The van der Waals surface area contributed by atoms with Crippen LogP contribution in [0.15, 0.2) is 22.8 Å². The Kier molecular flexibility index (Phi) is 4.13. The van der Waals surface area contributed by atoms with Gasteiger partial charge in [0, 0.05) is 17.2 Å². The van der Waals surface area contributed by atoms with E-state index in [1.165, 1.54) is 6.20 Å². The van der Waals surface area contributed by atoms with Gasteiger partial charge in [-0.3, -0.25) is 4.68 Å². The lowest BCUT2D eigenvalue weighted by atomic mass is 10.1. The summed E-state index contributed by atoms with van der Waals surface area (Å²) in [6.07, 6.45) is 1.38. The van der Waals surface area contributed by atoms with E-state index in [0.29, 0.717) is 12.2 Å². The molecule has 0 fully saturated rings. The first-order chi connectivity index (χ1) is 9.40. The Bertz CT molecular complexity index is 641. The van der Waals surface area contributed by atoms with Crippen molar-refractivity contribution in [2.75, 3.05) is 5.32 Å². The zero-order valence-corrected chi connectivity index (χ0v) is 13.2. The highest BCUT2D eigenvalue weighted by atomic mass is 79.9. The van der Waals surface area contributed by atoms with Gasteiger partial charge in [0.15, 0.2) is 0 Å². The monoisotopic (exact) mass is 337 g/mol. The van der Waals surface area contributed by atoms with E-state index in [1.807, 2.05) is 26.0 Å². The molecular formula is C14H16BrN3O2. The van der Waals surface area contributed by atoms with Gasteiger partial charge in [-0.15, -0.1) is 0 Å². The molecule has 0 saturated heterocycles. The first-order valence-electron chi connectivity index (χ1n) is 6.15. The molecule has 0 atom stereocenters. The number of aromatic carboxylic acids is 1. The largest absolute Gasteiger partial charge is 0.478 e. The fourth-order valence-corrected chi connectivity index (χ4v) is 2.90. The minimum Gasteiger partial charge on any atom is -0.478 e. The second-order valence-corrected chi connectivity index (χ2v) is 5.62. The van der Waals surface area contributed by atoms with Gasteiger partial charge >= 0.3 is 5.97 Å². The van der Waals surface area contributed by atoms with Crippen molar-refractivity contribution in [3.8, 4) is 0 Å². The van der Waals surface area contributed by atoms with Gasteiger partial charge in [-0.25, -0.2) is 4.79 Å². The molecule has 2 aromatic rings. The molecule has 0 bridgehead atoms. The summed E-state index contributed by atoms with van der Waals surface area (Å²) < 4.78 is 2.62. The maximum absolute atomic E-state index is 11.1. The number of nitrogens with zero attached hydrogens (tertiary/aromatic N) is 2. The molecular weight excluding hydrogens is 322 g/mol. The predicted molar refractivity (Wildman–Crippen MR) is 81.1 cm³/mol. The van der Waals surface area contributed by atoms with Crippen LogP contribution >= 0.6 is 15.9 Å². The quantitative estimate of drug-likeness (QED) is 0.899. The Balaban J connectivity index is 2.26. The molecule has 2 rings (SSSR count). The van der Waals surface area contributed by atoms with Crippen LogP contribution in [0, 0.1) is 13.8 Å². The van der Waals surface area contributed by atoms with Gasteiger partial charge in [0.2, 0.25) is 0 Å². The second kappa shape index (κ2) is 5.66. The van der Waals surface area contributed by atoms with Gasteiger partial charge in [0.1, 0.15) is 5.56 Å². The average Bonchev–Trinajstić information content (AvgIpc) is 2.69. The van der Waals surface area contributed by atoms with Crippen LogP contribution < -0.4 is 5.32 Å². The molecule has 0 aliphatic heterocycles. The summed E-state index contributed by atoms with van der Waals surface area (Å²) >= 11 is 3.46. The number of aryl methyl sites for hydroxylation is 3. The van der Waals surface area contributed by atoms with Crippen molar-refractivity contribution in [3.05, 3.63) is 45.2 Å². The van der Waals surface area contributed by atoms with Crippen molar-refractivity contribution in [3.63, 3.8) is 0 Å². The molecule has 0 saturated carbocycles. The summed E-state index contributed by atoms with van der Waals surface area (Å²) in [6, 6.07) is 4.05. The van der Waals surface area contributed by atoms with Crippen LogP contribution in [0.3, 0.4) is 0 Å². The van der Waals surface area contributed by atoms with E-state index >= 15 is 0 Å². The Morgan fingerprint density at radius 3 is 2.55 bits per heavy atom. The Morgan fingerprint density at radius 1 is 1.40 bits per heavy atom. The van der Waals surface area contributed by atoms with Crippen LogP contribution in [0.5, 0.6) is 0 Å². The average molecular weight is 338 g/mol. The number of halogens is 1. The van der Waals surface area contributed by atoms with Crippen LogP contribution in [0.1, 0.15) is 27.2 Å². The lowest BCUT2D eigenvalue weighted by molar-refractivity contribution is 0.0695. The van der Waals surface area contributed by atoms with Crippen molar-refractivity contribution in [2.45, 2.75) is 20.4 Å². The Labute approximate surface area is 125 Å². The third-order valence-electron chi connectivity index (χ3n) is 3.22. The van der Waals surface area contributed by atoms with Gasteiger partial charge in [-0.1, -0.05) is 15.9 Å². The lowest BCUT2D eigenvalue weighted by Crippen LogP contribution is -2.11. The molecule has 0 aliphatic rings. The van der Waals surface area contributed by atoms with Crippen LogP contribution in [0.4, 0.5) is 5.69 Å². The molecule has 0 aliphatic carbocycles. The van der Waals surface area contributed by atoms with Crippen molar-refractivity contribution in [2.24, 2.45) is 7.05 Å². The van der Waals surface area contributed by atoms with Crippen LogP contribution in [0.25, 0.3) is 0 Å². The van der Waals surface area contributed by atoms with Crippen molar-refractivity contribution >= 4 is 27.6 Å². The second-order valence-electron chi connectivity index (χ2n) is 4.70. The molecule has 0 unspecified atom stereocenters. The Hall–Kier alpha value is -1.82. The molecule has 0 spiro atoms. The minimum atomic E-state index is -0.959. The van der Waals surface area contributed by atoms with Crippen molar-refractivity contribution in [1.82, 2.24) is 9.78 Å². The predicted octanol–water partition coefficient (Wildman–Crippen LogP) is 3.11. The summed E-state index contributed by atoms with van der Waals surface area (Å²) in [4.78, 5) is 11.1. The van der Waals surface area contributed by atoms with Crippen LogP contribution in [-0.2, 0) is 13.6 Å². The van der Waals surface area contributed by atoms with Crippen molar-refractivity contribution in [1.29, 1.82) is 0 Å². The molecule has 1 aromatic carbocycles. The van der Waals surface area contributed by atoms with Gasteiger partial charge < -0.3 is 10.4 Å². The summed E-state index contributed by atoms with van der Waals surface area (Å²) in [5.74, 6) is -0.959. The maximum atomic E-state index is 11.1. The Morgan fingerprint density at radius 2 is 2.00 bits per heavy atom. The molecule has 5 nitrogen and oxygen atoms in total. The SMILES string of the molecule is Cc1cc(Br)cc(C)c1NCc1c(C(=O)O)cnn1C. The summed E-state index contributed by atoms with van der Waals surface area (Å²) in [6.45, 7) is 4.45. The lowest BCUT2D eigenvalue weighted by Gasteiger charge is -2.14. The molecule has 6 heteroatoms. The highest BCUT2D eigenvalue weighted by molar-refractivity contribution is 9.10. The van der Waals surface area contributed by atoms with Gasteiger partial charge in [-0.2, -0.15) is 5.10 Å². The topological polar surface area (TPSA) is 67.2 Å². The van der Waals surface area contributed by atoms with Gasteiger partial charge in [0.05, 0.1) is 18.4 Å². The minimum absolute atomic E-state index is 0.229. The number of carboxylic acid groups (broad SMARTS) is 1. The van der Waals surface area contributed by atoms with Crippen molar-refractivity contribution < 1.29 is 9.90 Å². The van der Waals surface area contributed by atoms with E-state index in [-0.39, 0.29) is 5.56 Å². The van der Waals surface area contributed by atoms with E-state index in [2.05, 4.69) is 26.3 Å². The van der Waals surface area contributed by atoms with E-state index < -0.39 is 5.97 Å². The normalized spacial score (nSPS) is 10.6. The first kappa shape index (κ1) is 14.6. The smallest absolute Gasteiger partial charge is 0.339 e. The molecule has 20 heavy (non-hydrogen) atoms. The fraction of sp³-hybridized carbons (Fsp3) is 0.286. The summed E-state index contributed by atoms with van der Waals surface area (Å²) in [5.41, 5.74) is 4.12. The molecule has 2 N–H and O–H groups in total. The number of rotatable bonds is 4. The fourth-order valence-electron chi connectivity index (χ4n) is 2.21. The number of hydrogen-bond donors (Lipinski definition) is 2. The van der Waals surface area contributed by atoms with Gasteiger partial charge in [-0.05, 0) is 37.1 Å². The highest BCUT2D eigenvalue weighted by Gasteiger charge is 2.15. The molecule has 0 radical (unpaired) electrons. The van der Waals surface area contributed by atoms with Crippen LogP contribution in [0.2, 0.25) is 0 Å². The summed E-state index contributed by atoms with van der Waals surface area (Å²) in [7, 11) is 1.74. The van der Waals surface area contributed by atoms with E-state index in [9.17, 15) is 4.79 Å². The number of hydrogen-bond acceptors (Lipinski definition) is 3. The number of aromatic nitrogens is 2. The van der Waals surface area contributed by atoms with E-state index in [1.54, 1.807) is 11.7 Å². The van der Waals surface area contributed by atoms with Gasteiger partial charge in [0.25, 0.3) is 0 Å². The summed E-state index contributed by atoms with van der Waals surface area (Å²) in [5, 5.41) is 16.4.